The van der Waals surface area contributed by atoms with Crippen molar-refractivity contribution in [2.24, 2.45) is 5.41 Å². The quantitative estimate of drug-likeness (QED) is 0.645. The molecule has 2 N–H and O–H groups in total. The number of methoxy groups -OCH3 is 1. The molecule has 3 nitrogen and oxygen atoms in total. The van der Waals surface area contributed by atoms with Crippen LogP contribution in [0.1, 0.15) is 26.7 Å². The Labute approximate surface area is 80.5 Å². The summed E-state index contributed by atoms with van der Waals surface area (Å²) < 4.78 is 5.21. The minimum Gasteiger partial charge on any atom is -0.396 e. The van der Waals surface area contributed by atoms with E-state index in [2.05, 4.69) is 19.2 Å². The van der Waals surface area contributed by atoms with Gasteiger partial charge in [0.1, 0.15) is 0 Å². The van der Waals surface area contributed by atoms with Crippen LogP contribution in [0.15, 0.2) is 0 Å². The molecule has 1 aliphatic carbocycles. The first kappa shape index (κ1) is 11.0. The van der Waals surface area contributed by atoms with Gasteiger partial charge in [0.15, 0.2) is 0 Å². The van der Waals surface area contributed by atoms with Crippen LogP contribution in [-0.2, 0) is 4.74 Å². The molecule has 0 heterocycles. The van der Waals surface area contributed by atoms with Crippen molar-refractivity contribution in [2.45, 2.75) is 38.8 Å². The largest absolute Gasteiger partial charge is 0.396 e. The molecule has 0 aromatic heterocycles. The van der Waals surface area contributed by atoms with Crippen LogP contribution in [-0.4, -0.2) is 37.5 Å². The second kappa shape index (κ2) is 4.40. The van der Waals surface area contributed by atoms with Gasteiger partial charge in [0.25, 0.3) is 0 Å². The number of hydrogen-bond donors (Lipinski definition) is 2. The van der Waals surface area contributed by atoms with Crippen molar-refractivity contribution < 1.29 is 9.84 Å². The molecule has 0 amide bonds. The first-order valence-electron chi connectivity index (χ1n) is 5.00. The van der Waals surface area contributed by atoms with Crippen molar-refractivity contribution in [3.63, 3.8) is 0 Å². The van der Waals surface area contributed by atoms with Crippen LogP contribution in [0.25, 0.3) is 0 Å². The standard InChI is InChI=1S/C10H21NO2/c1-8(9(2)13-3)11-6-10(7-12)4-5-10/h8-9,11-12H,4-7H2,1-3H3. The highest BCUT2D eigenvalue weighted by Crippen LogP contribution is 2.44. The van der Waals surface area contributed by atoms with Crippen molar-refractivity contribution in [1.82, 2.24) is 5.32 Å². The maximum absolute atomic E-state index is 9.09. The van der Waals surface area contributed by atoms with Gasteiger partial charge in [0, 0.05) is 31.7 Å². The normalized spacial score (nSPS) is 24.0. The Morgan fingerprint density at radius 3 is 2.46 bits per heavy atom. The number of aliphatic hydroxyl groups is 1. The minimum atomic E-state index is 0.196. The summed E-state index contributed by atoms with van der Waals surface area (Å²) >= 11 is 0. The molecule has 0 bridgehead atoms. The van der Waals surface area contributed by atoms with Gasteiger partial charge in [0.2, 0.25) is 0 Å². The number of hydrogen-bond acceptors (Lipinski definition) is 3. The molecule has 0 spiro atoms. The average molecular weight is 187 g/mol. The average Bonchev–Trinajstić information content (AvgIpc) is 2.93. The Kier molecular flexibility index (Phi) is 3.71. The van der Waals surface area contributed by atoms with Gasteiger partial charge < -0.3 is 15.2 Å². The topological polar surface area (TPSA) is 41.5 Å². The van der Waals surface area contributed by atoms with Crippen LogP contribution >= 0.6 is 0 Å². The molecule has 78 valence electrons. The van der Waals surface area contributed by atoms with Gasteiger partial charge in [-0.2, -0.15) is 0 Å². The summed E-state index contributed by atoms with van der Waals surface area (Å²) in [6.45, 7) is 5.39. The number of nitrogens with one attached hydrogen (secondary N) is 1. The fraction of sp³-hybridized carbons (Fsp3) is 1.00. The van der Waals surface area contributed by atoms with E-state index in [1.54, 1.807) is 7.11 Å². The van der Waals surface area contributed by atoms with Crippen LogP contribution in [0.3, 0.4) is 0 Å². The van der Waals surface area contributed by atoms with E-state index in [1.165, 1.54) is 0 Å². The maximum atomic E-state index is 9.09. The van der Waals surface area contributed by atoms with E-state index in [4.69, 9.17) is 9.84 Å². The molecule has 1 rings (SSSR count). The molecule has 0 saturated heterocycles. The molecule has 1 saturated carbocycles. The molecular weight excluding hydrogens is 166 g/mol. The molecule has 3 heteroatoms. The molecule has 0 aromatic rings. The molecule has 1 fully saturated rings. The van der Waals surface area contributed by atoms with E-state index in [9.17, 15) is 0 Å². The number of rotatable bonds is 6. The second-order valence-electron chi connectivity index (χ2n) is 4.27. The first-order valence-corrected chi connectivity index (χ1v) is 5.00. The van der Waals surface area contributed by atoms with E-state index in [-0.39, 0.29) is 11.5 Å². The van der Waals surface area contributed by atoms with Gasteiger partial charge in [0.05, 0.1) is 6.10 Å². The predicted molar refractivity (Wildman–Crippen MR) is 52.7 cm³/mol. The summed E-state index contributed by atoms with van der Waals surface area (Å²) in [6, 6.07) is 0.356. The lowest BCUT2D eigenvalue weighted by Crippen LogP contribution is -2.40. The molecular formula is C10H21NO2. The fourth-order valence-electron chi connectivity index (χ4n) is 1.32. The lowest BCUT2D eigenvalue weighted by Gasteiger charge is -2.22. The second-order valence-corrected chi connectivity index (χ2v) is 4.27. The summed E-state index contributed by atoms with van der Waals surface area (Å²) in [7, 11) is 1.72. The third kappa shape index (κ3) is 2.93. The highest BCUT2D eigenvalue weighted by Gasteiger charge is 2.41. The fourth-order valence-corrected chi connectivity index (χ4v) is 1.32. The Morgan fingerprint density at radius 2 is 2.08 bits per heavy atom. The first-order chi connectivity index (χ1) is 6.13. The Morgan fingerprint density at radius 1 is 1.46 bits per heavy atom. The van der Waals surface area contributed by atoms with Crippen molar-refractivity contribution >= 4 is 0 Å². The zero-order valence-corrected chi connectivity index (χ0v) is 8.84. The molecule has 13 heavy (non-hydrogen) atoms. The monoisotopic (exact) mass is 187 g/mol. The Hall–Kier alpha value is -0.120. The third-order valence-electron chi connectivity index (χ3n) is 3.17. The van der Waals surface area contributed by atoms with Crippen LogP contribution < -0.4 is 5.32 Å². The smallest absolute Gasteiger partial charge is 0.0693 e. The van der Waals surface area contributed by atoms with E-state index in [0.717, 1.165) is 19.4 Å². The summed E-state index contributed by atoms with van der Waals surface area (Å²) in [6.07, 6.45) is 2.55. The lowest BCUT2D eigenvalue weighted by molar-refractivity contribution is 0.0842. The number of ether oxygens (including phenoxy) is 1. The summed E-state index contributed by atoms with van der Waals surface area (Å²) in [5.74, 6) is 0. The van der Waals surface area contributed by atoms with Crippen molar-refractivity contribution in [2.75, 3.05) is 20.3 Å². The van der Waals surface area contributed by atoms with Crippen LogP contribution in [0.2, 0.25) is 0 Å². The van der Waals surface area contributed by atoms with Crippen LogP contribution in [0.4, 0.5) is 0 Å². The summed E-state index contributed by atoms with van der Waals surface area (Å²) in [5.41, 5.74) is 0.196. The third-order valence-corrected chi connectivity index (χ3v) is 3.17. The summed E-state index contributed by atoms with van der Waals surface area (Å²) in [4.78, 5) is 0. The Bertz CT molecular complexity index is 157. The van der Waals surface area contributed by atoms with Crippen LogP contribution in [0, 0.1) is 5.41 Å². The van der Waals surface area contributed by atoms with Gasteiger partial charge in [-0.3, -0.25) is 0 Å². The van der Waals surface area contributed by atoms with Crippen molar-refractivity contribution in [3.8, 4) is 0 Å². The van der Waals surface area contributed by atoms with Crippen molar-refractivity contribution in [1.29, 1.82) is 0 Å². The maximum Gasteiger partial charge on any atom is 0.0693 e. The SMILES string of the molecule is COC(C)C(C)NCC1(CO)CC1. The molecule has 2 unspecified atom stereocenters. The minimum absolute atomic E-state index is 0.196. The van der Waals surface area contributed by atoms with Gasteiger partial charge >= 0.3 is 0 Å². The highest BCUT2D eigenvalue weighted by atomic mass is 16.5. The molecule has 0 aromatic carbocycles. The van der Waals surface area contributed by atoms with Crippen molar-refractivity contribution in [3.05, 3.63) is 0 Å². The van der Waals surface area contributed by atoms with Gasteiger partial charge in [-0.05, 0) is 26.7 Å². The van der Waals surface area contributed by atoms with Gasteiger partial charge in [-0.15, -0.1) is 0 Å². The summed E-state index contributed by atoms with van der Waals surface area (Å²) in [5, 5.41) is 12.5. The van der Waals surface area contributed by atoms with E-state index < -0.39 is 0 Å². The molecule has 2 atom stereocenters. The lowest BCUT2D eigenvalue weighted by atomic mass is 10.1. The molecule has 1 aliphatic rings. The van der Waals surface area contributed by atoms with E-state index in [1.807, 2.05) is 0 Å². The molecule has 0 radical (unpaired) electrons. The van der Waals surface area contributed by atoms with Gasteiger partial charge in [-0.1, -0.05) is 0 Å². The Balaban J connectivity index is 2.18. The van der Waals surface area contributed by atoms with Crippen LogP contribution in [0.5, 0.6) is 0 Å². The predicted octanol–water partition coefficient (Wildman–Crippen LogP) is 0.772. The molecule has 0 aliphatic heterocycles. The zero-order chi connectivity index (χ0) is 9.90. The zero-order valence-electron chi connectivity index (χ0n) is 8.84. The van der Waals surface area contributed by atoms with E-state index in [0.29, 0.717) is 12.6 Å². The van der Waals surface area contributed by atoms with Gasteiger partial charge in [-0.25, -0.2) is 0 Å². The number of aliphatic hydroxyl groups excluding tert-OH is 1. The highest BCUT2D eigenvalue weighted by molar-refractivity contribution is 4.95. The van der Waals surface area contributed by atoms with E-state index >= 15 is 0 Å².